The van der Waals surface area contributed by atoms with Gasteiger partial charge in [0, 0.05) is 19.5 Å². The van der Waals surface area contributed by atoms with Crippen molar-refractivity contribution in [2.75, 3.05) is 0 Å². The minimum Gasteiger partial charge on any atom is -0.387 e. The minimum absolute atomic E-state index is 0. The van der Waals surface area contributed by atoms with Crippen molar-refractivity contribution in [3.8, 4) is 0 Å². The molecule has 0 atom stereocenters. The summed E-state index contributed by atoms with van der Waals surface area (Å²) in [7, 11) is 0. The second-order valence-electron chi connectivity index (χ2n) is 0.428. The first kappa shape index (κ1) is 8.96. The van der Waals surface area contributed by atoms with E-state index in [1.165, 1.54) is 12.6 Å². The normalized spacial score (nSPS) is 4.20. The van der Waals surface area contributed by atoms with Gasteiger partial charge in [-0.3, -0.25) is 0 Å². The molecular formula is C3H6NRh-. The van der Waals surface area contributed by atoms with Crippen LogP contribution in [0.15, 0.2) is 12.7 Å². The van der Waals surface area contributed by atoms with Crippen molar-refractivity contribution in [3.63, 3.8) is 0 Å². The average molecular weight is 159 g/mol. The molecule has 0 fully saturated rings. The van der Waals surface area contributed by atoms with Gasteiger partial charge < -0.3 is 5.73 Å². The van der Waals surface area contributed by atoms with E-state index in [0.29, 0.717) is 0 Å². The molecule has 0 rings (SSSR count). The fraction of sp³-hybridized carbons (Fsp3) is 0. The molecule has 0 aromatic carbocycles. The van der Waals surface area contributed by atoms with E-state index >= 15 is 0 Å². The predicted molar refractivity (Wildman–Crippen MR) is 18.7 cm³/mol. The molecule has 5 heavy (non-hydrogen) atoms. The van der Waals surface area contributed by atoms with E-state index in [0.717, 1.165) is 0 Å². The Bertz CT molecular complexity index is 20.9. The van der Waals surface area contributed by atoms with Crippen LogP contribution < -0.4 is 5.73 Å². The monoisotopic (exact) mass is 159 g/mol. The molecule has 0 saturated carbocycles. The molecule has 1 nitrogen and oxygen atoms in total. The Morgan fingerprint density at radius 2 is 2.00 bits per heavy atom. The van der Waals surface area contributed by atoms with Crippen molar-refractivity contribution < 1.29 is 19.5 Å². The topological polar surface area (TPSA) is 26.0 Å². The van der Waals surface area contributed by atoms with Gasteiger partial charge in [-0.2, -0.15) is 6.54 Å². The van der Waals surface area contributed by atoms with Crippen molar-refractivity contribution in [1.82, 2.24) is 0 Å². The molecule has 33 valence electrons. The molecular weight excluding hydrogens is 153 g/mol. The number of hydrogen-bond acceptors (Lipinski definition) is 1. The molecule has 0 aromatic rings. The van der Waals surface area contributed by atoms with Crippen LogP contribution in [0.1, 0.15) is 0 Å². The summed E-state index contributed by atoms with van der Waals surface area (Å²) in [6.45, 7) is 4.69. The van der Waals surface area contributed by atoms with E-state index in [1.807, 2.05) is 0 Å². The van der Waals surface area contributed by atoms with Gasteiger partial charge in [-0.25, -0.2) is 12.7 Å². The smallest absolute Gasteiger partial charge is 0 e. The van der Waals surface area contributed by atoms with E-state index in [-0.39, 0.29) is 19.5 Å². The predicted octanol–water partition coefficient (Wildman–Crippen LogP) is 0.290. The van der Waals surface area contributed by atoms with Gasteiger partial charge in [0.1, 0.15) is 0 Å². The molecule has 0 aromatic heterocycles. The molecule has 2 N–H and O–H groups in total. The maximum atomic E-state index is 4.78. The fourth-order valence-corrected chi connectivity index (χ4v) is 0. The largest absolute Gasteiger partial charge is 0.387 e. The van der Waals surface area contributed by atoms with Crippen LogP contribution in [0.3, 0.4) is 0 Å². The Hall–Kier alpha value is 0.193. The standard InChI is InChI=1S/C3H6N.Rh/c1-2-3-4;/h2-3H,1,4H2;/q-1;. The first-order valence-electron chi connectivity index (χ1n) is 1.07. The second kappa shape index (κ2) is 8.89. The molecule has 1 radical (unpaired) electrons. The van der Waals surface area contributed by atoms with Crippen LogP contribution in [0.5, 0.6) is 0 Å². The van der Waals surface area contributed by atoms with Gasteiger partial charge >= 0.3 is 0 Å². The molecule has 0 unspecified atom stereocenters. The zero-order valence-corrected chi connectivity index (χ0v) is 4.41. The number of hydrogen-bond donors (Lipinski definition) is 1. The van der Waals surface area contributed by atoms with E-state index in [1.54, 1.807) is 0 Å². The molecule has 2 heteroatoms. The van der Waals surface area contributed by atoms with Crippen molar-refractivity contribution in [2.45, 2.75) is 0 Å². The summed E-state index contributed by atoms with van der Waals surface area (Å²) in [5, 5.41) is 0. The van der Waals surface area contributed by atoms with Gasteiger partial charge in [0.25, 0.3) is 0 Å². The van der Waals surface area contributed by atoms with Crippen LogP contribution in [0.25, 0.3) is 0 Å². The quantitative estimate of drug-likeness (QED) is 0.431. The first-order chi connectivity index (χ1) is 1.91. The maximum Gasteiger partial charge on any atom is 0 e. The third-order valence-corrected chi connectivity index (χ3v) is 0.136. The summed E-state index contributed by atoms with van der Waals surface area (Å²) in [4.78, 5) is 0. The minimum atomic E-state index is 0. The number of rotatable bonds is 1. The molecule has 0 aliphatic heterocycles. The van der Waals surface area contributed by atoms with Gasteiger partial charge in [0.2, 0.25) is 0 Å². The van der Waals surface area contributed by atoms with Crippen molar-refractivity contribution in [2.24, 2.45) is 5.73 Å². The first-order valence-corrected chi connectivity index (χ1v) is 1.07. The van der Waals surface area contributed by atoms with Crippen LogP contribution in [0.2, 0.25) is 0 Å². The summed E-state index contributed by atoms with van der Waals surface area (Å²) in [6.07, 6.45) is 1.53. The van der Waals surface area contributed by atoms with Gasteiger partial charge in [0.05, 0.1) is 0 Å². The van der Waals surface area contributed by atoms with Gasteiger partial charge in [-0.1, -0.05) is 0 Å². The van der Waals surface area contributed by atoms with E-state index in [2.05, 4.69) is 6.58 Å². The summed E-state index contributed by atoms with van der Waals surface area (Å²) < 4.78 is 0. The Labute approximate surface area is 45.0 Å². The van der Waals surface area contributed by atoms with Crippen molar-refractivity contribution in [1.29, 1.82) is 0 Å². The van der Waals surface area contributed by atoms with Crippen molar-refractivity contribution in [3.05, 3.63) is 19.2 Å². The molecule has 0 heterocycles. The fourth-order valence-electron chi connectivity index (χ4n) is 0. The molecule has 0 bridgehead atoms. The van der Waals surface area contributed by atoms with E-state index in [9.17, 15) is 0 Å². The summed E-state index contributed by atoms with van der Waals surface area (Å²) >= 11 is 0. The van der Waals surface area contributed by atoms with Crippen LogP contribution in [-0.4, -0.2) is 0 Å². The van der Waals surface area contributed by atoms with Crippen LogP contribution >= 0.6 is 0 Å². The Morgan fingerprint density at radius 1 is 1.80 bits per heavy atom. The molecule has 0 amide bonds. The summed E-state index contributed by atoms with van der Waals surface area (Å²) in [5.41, 5.74) is 4.78. The Balaban J connectivity index is 0. The van der Waals surface area contributed by atoms with E-state index < -0.39 is 0 Å². The summed E-state index contributed by atoms with van der Waals surface area (Å²) in [6, 6.07) is 0. The Morgan fingerprint density at radius 3 is 2.00 bits per heavy atom. The maximum absolute atomic E-state index is 4.78. The van der Waals surface area contributed by atoms with Gasteiger partial charge in [-0.05, 0) is 0 Å². The molecule has 0 saturated heterocycles. The van der Waals surface area contributed by atoms with Crippen LogP contribution in [0, 0.1) is 6.54 Å². The molecule has 0 aliphatic carbocycles. The Kier molecular flexibility index (Phi) is 15.9. The molecule has 0 aliphatic rings. The van der Waals surface area contributed by atoms with Gasteiger partial charge in [0.15, 0.2) is 0 Å². The van der Waals surface area contributed by atoms with E-state index in [4.69, 9.17) is 5.73 Å². The molecule has 0 spiro atoms. The SMILES string of the molecule is C=C[CH-]N.[Rh]. The third-order valence-electron chi connectivity index (χ3n) is 0.136. The average Bonchev–Trinajstić information content (AvgIpc) is 1.37. The van der Waals surface area contributed by atoms with Crippen LogP contribution in [-0.2, 0) is 19.5 Å². The second-order valence-corrected chi connectivity index (χ2v) is 0.428. The number of nitrogens with two attached hydrogens (primary N) is 1. The zero-order valence-electron chi connectivity index (χ0n) is 2.77. The summed E-state index contributed by atoms with van der Waals surface area (Å²) in [5.74, 6) is 0. The van der Waals surface area contributed by atoms with Gasteiger partial charge in [-0.15, -0.1) is 0 Å². The van der Waals surface area contributed by atoms with Crippen LogP contribution in [0.4, 0.5) is 0 Å². The zero-order chi connectivity index (χ0) is 3.41. The third kappa shape index (κ3) is 14.2. The van der Waals surface area contributed by atoms with Crippen molar-refractivity contribution >= 4 is 0 Å².